The van der Waals surface area contributed by atoms with Gasteiger partial charge in [-0.1, -0.05) is 30.7 Å². The van der Waals surface area contributed by atoms with E-state index in [4.69, 9.17) is 25.8 Å². The van der Waals surface area contributed by atoms with E-state index in [9.17, 15) is 18.0 Å². The van der Waals surface area contributed by atoms with Crippen LogP contribution in [-0.4, -0.2) is 64.6 Å². The fourth-order valence-corrected chi connectivity index (χ4v) is 6.14. The van der Waals surface area contributed by atoms with Crippen LogP contribution in [0.15, 0.2) is 71.6 Å². The summed E-state index contributed by atoms with van der Waals surface area (Å²) in [5, 5.41) is 3.35. The molecule has 1 atom stereocenters. The Morgan fingerprint density at radius 3 is 2.14 bits per heavy atom. The Labute approximate surface area is 264 Å². The van der Waals surface area contributed by atoms with Gasteiger partial charge in [0.2, 0.25) is 11.8 Å². The zero-order chi connectivity index (χ0) is 32.7. The van der Waals surface area contributed by atoms with Crippen LogP contribution in [-0.2, 0) is 26.2 Å². The summed E-state index contributed by atoms with van der Waals surface area (Å²) in [6.07, 6.45) is 0.293. The molecule has 0 aromatic heterocycles. The third kappa shape index (κ3) is 8.57. The van der Waals surface area contributed by atoms with Gasteiger partial charge in [0.1, 0.15) is 18.3 Å². The number of sulfonamides is 1. The highest BCUT2D eigenvalue weighted by molar-refractivity contribution is 7.92. The van der Waals surface area contributed by atoms with Crippen molar-refractivity contribution >= 4 is 39.1 Å². The van der Waals surface area contributed by atoms with Crippen molar-refractivity contribution in [2.75, 3.05) is 32.2 Å². The minimum atomic E-state index is -4.33. The molecule has 0 spiro atoms. The second-order valence-corrected chi connectivity index (χ2v) is 13.3. The summed E-state index contributed by atoms with van der Waals surface area (Å²) in [6.45, 7) is 6.80. The summed E-state index contributed by atoms with van der Waals surface area (Å²) in [7, 11) is 0.0544. The third-order valence-corrected chi connectivity index (χ3v) is 8.73. The molecule has 3 aromatic rings. The number of hydrogen-bond donors (Lipinski definition) is 1. The summed E-state index contributed by atoms with van der Waals surface area (Å²) >= 11 is 6.11. The van der Waals surface area contributed by atoms with Crippen LogP contribution in [0.2, 0.25) is 5.02 Å². The summed E-state index contributed by atoms with van der Waals surface area (Å²) in [4.78, 5) is 29.0. The first-order valence-corrected chi connectivity index (χ1v) is 15.8. The maximum Gasteiger partial charge on any atom is 0.264 e. The van der Waals surface area contributed by atoms with E-state index in [0.29, 0.717) is 28.5 Å². The van der Waals surface area contributed by atoms with Crippen molar-refractivity contribution in [3.8, 4) is 17.2 Å². The molecule has 238 valence electrons. The van der Waals surface area contributed by atoms with Gasteiger partial charge in [-0.3, -0.25) is 13.9 Å². The van der Waals surface area contributed by atoms with Gasteiger partial charge >= 0.3 is 0 Å². The largest absolute Gasteiger partial charge is 0.497 e. The van der Waals surface area contributed by atoms with Crippen molar-refractivity contribution in [2.24, 2.45) is 0 Å². The zero-order valence-electron chi connectivity index (χ0n) is 26.1. The van der Waals surface area contributed by atoms with Crippen molar-refractivity contribution in [1.29, 1.82) is 0 Å². The molecule has 3 rings (SSSR count). The molecule has 10 nitrogen and oxygen atoms in total. The van der Waals surface area contributed by atoms with E-state index in [2.05, 4.69) is 5.32 Å². The normalized spacial score (nSPS) is 12.2. The second-order valence-electron chi connectivity index (χ2n) is 11.0. The van der Waals surface area contributed by atoms with Crippen LogP contribution in [0.25, 0.3) is 0 Å². The number of ether oxygens (including phenoxy) is 3. The van der Waals surface area contributed by atoms with Gasteiger partial charge < -0.3 is 24.4 Å². The molecule has 0 radical (unpaired) electrons. The summed E-state index contributed by atoms with van der Waals surface area (Å²) in [5.41, 5.74) is 0.368. The number of carbonyl (C=O) groups is 2. The summed E-state index contributed by atoms with van der Waals surface area (Å²) < 4.78 is 45.3. The van der Waals surface area contributed by atoms with E-state index < -0.39 is 34.1 Å². The van der Waals surface area contributed by atoms with Crippen LogP contribution in [0.3, 0.4) is 0 Å². The third-order valence-electron chi connectivity index (χ3n) is 6.71. The van der Waals surface area contributed by atoms with E-state index in [-0.39, 0.29) is 28.8 Å². The fraction of sp³-hybridized carbons (Fsp3) is 0.375. The molecule has 12 heteroatoms. The van der Waals surface area contributed by atoms with Crippen molar-refractivity contribution in [3.05, 3.63) is 77.3 Å². The summed E-state index contributed by atoms with van der Waals surface area (Å²) in [5.74, 6) is 0.210. The SMILES string of the molecule is CC[C@H](C(=O)NC(C)(C)C)N(Cc1cccc(OC)c1)C(=O)CN(c1ccc(Cl)cc1)S(=O)(=O)c1ccc(OC)c(OC)c1. The highest BCUT2D eigenvalue weighted by atomic mass is 35.5. The van der Waals surface area contributed by atoms with Crippen LogP contribution in [0.1, 0.15) is 39.7 Å². The predicted molar refractivity (Wildman–Crippen MR) is 171 cm³/mol. The number of rotatable bonds is 13. The van der Waals surface area contributed by atoms with E-state index in [1.807, 2.05) is 26.8 Å². The van der Waals surface area contributed by atoms with Crippen LogP contribution >= 0.6 is 11.6 Å². The van der Waals surface area contributed by atoms with Gasteiger partial charge in [0.25, 0.3) is 10.0 Å². The lowest BCUT2D eigenvalue weighted by atomic mass is 10.1. The molecular weight excluding hydrogens is 606 g/mol. The molecule has 1 N–H and O–H groups in total. The van der Waals surface area contributed by atoms with Crippen LogP contribution in [0, 0.1) is 0 Å². The molecule has 0 aliphatic rings. The van der Waals surface area contributed by atoms with Crippen LogP contribution in [0.4, 0.5) is 5.69 Å². The van der Waals surface area contributed by atoms with E-state index in [0.717, 1.165) is 4.31 Å². The monoisotopic (exact) mass is 645 g/mol. The van der Waals surface area contributed by atoms with Crippen molar-refractivity contribution in [1.82, 2.24) is 10.2 Å². The Morgan fingerprint density at radius 1 is 0.909 bits per heavy atom. The molecule has 44 heavy (non-hydrogen) atoms. The Morgan fingerprint density at radius 2 is 1.57 bits per heavy atom. The number of hydrogen-bond acceptors (Lipinski definition) is 7. The van der Waals surface area contributed by atoms with Gasteiger partial charge in [0.05, 0.1) is 31.9 Å². The average Bonchev–Trinajstić information content (AvgIpc) is 2.98. The minimum Gasteiger partial charge on any atom is -0.497 e. The molecule has 0 saturated carbocycles. The zero-order valence-corrected chi connectivity index (χ0v) is 27.7. The van der Waals surface area contributed by atoms with Crippen molar-refractivity contribution in [2.45, 2.75) is 57.1 Å². The Balaban J connectivity index is 2.12. The summed E-state index contributed by atoms with van der Waals surface area (Å²) in [6, 6.07) is 16.6. The molecule has 0 aliphatic heterocycles. The molecule has 0 heterocycles. The molecule has 0 fully saturated rings. The quantitative estimate of drug-likeness (QED) is 0.269. The van der Waals surface area contributed by atoms with Crippen LogP contribution < -0.4 is 23.8 Å². The number of amides is 2. The number of nitrogens with zero attached hydrogens (tertiary/aromatic N) is 2. The smallest absolute Gasteiger partial charge is 0.264 e. The highest BCUT2D eigenvalue weighted by Crippen LogP contribution is 2.33. The Kier molecular flexibility index (Phi) is 11.5. The maximum atomic E-state index is 14.3. The fourth-order valence-electron chi connectivity index (χ4n) is 4.58. The second kappa shape index (κ2) is 14.7. The highest BCUT2D eigenvalue weighted by Gasteiger charge is 2.35. The van der Waals surface area contributed by atoms with Gasteiger partial charge in [-0.05, 0) is 81.3 Å². The number of anilines is 1. The van der Waals surface area contributed by atoms with Gasteiger partial charge in [-0.2, -0.15) is 0 Å². The van der Waals surface area contributed by atoms with E-state index in [1.54, 1.807) is 25.1 Å². The molecule has 3 aromatic carbocycles. The maximum absolute atomic E-state index is 14.3. The van der Waals surface area contributed by atoms with Crippen LogP contribution in [0.5, 0.6) is 17.2 Å². The molecule has 0 bridgehead atoms. The minimum absolute atomic E-state index is 0.0387. The van der Waals surface area contributed by atoms with Crippen molar-refractivity contribution < 1.29 is 32.2 Å². The van der Waals surface area contributed by atoms with E-state index >= 15 is 0 Å². The Hall–Kier alpha value is -3.96. The molecule has 2 amide bonds. The van der Waals surface area contributed by atoms with Gasteiger partial charge in [-0.25, -0.2) is 8.42 Å². The topological polar surface area (TPSA) is 114 Å². The first-order chi connectivity index (χ1) is 20.7. The predicted octanol–water partition coefficient (Wildman–Crippen LogP) is 5.28. The van der Waals surface area contributed by atoms with Gasteiger partial charge in [0, 0.05) is 23.2 Å². The standard InChI is InChI=1S/C32H40ClN3O7S/c1-8-27(31(38)34-32(2,3)4)35(20-22-10-9-11-25(18-22)41-5)30(37)21-36(24-14-12-23(33)13-15-24)44(39,40)26-16-17-28(42-6)29(19-26)43-7/h9-19,27H,8,20-21H2,1-7H3,(H,34,38)/t27-/m1/s1. The van der Waals surface area contributed by atoms with E-state index in [1.165, 1.54) is 68.7 Å². The molecule has 0 aliphatic carbocycles. The number of methoxy groups -OCH3 is 3. The first kappa shape index (κ1) is 34.5. The number of carbonyl (C=O) groups excluding carboxylic acids is 2. The lowest BCUT2D eigenvalue weighted by Crippen LogP contribution is -2.55. The lowest BCUT2D eigenvalue weighted by molar-refractivity contribution is -0.141. The van der Waals surface area contributed by atoms with Gasteiger partial charge in [-0.15, -0.1) is 0 Å². The molecule has 0 unspecified atom stereocenters. The average molecular weight is 646 g/mol. The first-order valence-electron chi connectivity index (χ1n) is 14.0. The lowest BCUT2D eigenvalue weighted by Gasteiger charge is -2.34. The number of benzene rings is 3. The number of nitrogens with one attached hydrogen (secondary N) is 1. The Bertz CT molecular complexity index is 1560. The van der Waals surface area contributed by atoms with Crippen molar-refractivity contribution in [3.63, 3.8) is 0 Å². The molecular formula is C32H40ClN3O7S. The van der Waals surface area contributed by atoms with Gasteiger partial charge in [0.15, 0.2) is 11.5 Å². The number of halogens is 1. The molecule has 0 saturated heterocycles.